The number of para-hydroxylation sites is 1. The van der Waals surface area contributed by atoms with Gasteiger partial charge in [-0.15, -0.1) is 0 Å². The van der Waals surface area contributed by atoms with Crippen molar-refractivity contribution in [1.29, 1.82) is 0 Å². The van der Waals surface area contributed by atoms with Gasteiger partial charge in [-0.05, 0) is 31.2 Å². The van der Waals surface area contributed by atoms with Gasteiger partial charge in [0.15, 0.2) is 5.78 Å². The summed E-state index contributed by atoms with van der Waals surface area (Å²) in [6.45, 7) is 2.38. The van der Waals surface area contributed by atoms with E-state index in [9.17, 15) is 4.79 Å². The number of hydrogen-bond donors (Lipinski definition) is 1. The van der Waals surface area contributed by atoms with Gasteiger partial charge in [0, 0.05) is 17.3 Å². The zero-order valence-electron chi connectivity index (χ0n) is 11.6. The lowest BCUT2D eigenvalue weighted by Crippen LogP contribution is -2.08. The number of carbonyl (C=O) groups is 1. The van der Waals surface area contributed by atoms with Crippen molar-refractivity contribution in [3.8, 4) is 11.5 Å². The lowest BCUT2D eigenvalue weighted by atomic mass is 10.0. The summed E-state index contributed by atoms with van der Waals surface area (Å²) in [4.78, 5) is 12.6. The van der Waals surface area contributed by atoms with Crippen LogP contribution in [-0.4, -0.2) is 19.5 Å². The van der Waals surface area contributed by atoms with E-state index in [4.69, 9.17) is 15.2 Å². The maximum Gasteiger partial charge on any atom is 0.198 e. The van der Waals surface area contributed by atoms with Crippen LogP contribution in [0.4, 0.5) is 5.69 Å². The van der Waals surface area contributed by atoms with Crippen LogP contribution in [0.1, 0.15) is 22.8 Å². The van der Waals surface area contributed by atoms with Gasteiger partial charge in [0.1, 0.15) is 11.5 Å². The van der Waals surface area contributed by atoms with E-state index >= 15 is 0 Å². The molecule has 0 bridgehead atoms. The van der Waals surface area contributed by atoms with Crippen molar-refractivity contribution in [3.05, 3.63) is 53.6 Å². The molecule has 2 aromatic carbocycles. The Morgan fingerprint density at radius 2 is 1.90 bits per heavy atom. The topological polar surface area (TPSA) is 61.5 Å². The van der Waals surface area contributed by atoms with Gasteiger partial charge >= 0.3 is 0 Å². The Labute approximate surface area is 118 Å². The molecule has 4 nitrogen and oxygen atoms in total. The van der Waals surface area contributed by atoms with E-state index in [2.05, 4.69) is 0 Å². The summed E-state index contributed by atoms with van der Waals surface area (Å²) in [5.41, 5.74) is 7.26. The second kappa shape index (κ2) is 6.10. The molecule has 20 heavy (non-hydrogen) atoms. The molecule has 0 atom stereocenters. The predicted molar refractivity (Wildman–Crippen MR) is 78.4 cm³/mol. The highest BCUT2D eigenvalue weighted by Gasteiger charge is 2.16. The fraction of sp³-hybridized carbons (Fsp3) is 0.188. The van der Waals surface area contributed by atoms with E-state index in [1.54, 1.807) is 43.5 Å². The first-order chi connectivity index (χ1) is 9.67. The molecule has 0 radical (unpaired) electrons. The molecule has 0 aliphatic heterocycles. The Balaban J connectivity index is 2.41. The van der Waals surface area contributed by atoms with Crippen LogP contribution in [0.15, 0.2) is 42.5 Å². The molecule has 0 fully saturated rings. The van der Waals surface area contributed by atoms with Gasteiger partial charge in [0.05, 0.1) is 19.3 Å². The minimum absolute atomic E-state index is 0.158. The molecule has 0 saturated carbocycles. The summed E-state index contributed by atoms with van der Waals surface area (Å²) in [5, 5.41) is 0. The highest BCUT2D eigenvalue weighted by atomic mass is 16.5. The smallest absolute Gasteiger partial charge is 0.198 e. The molecule has 2 rings (SSSR count). The summed E-state index contributed by atoms with van der Waals surface area (Å²) < 4.78 is 10.6. The first-order valence-corrected chi connectivity index (χ1v) is 6.37. The van der Waals surface area contributed by atoms with Crippen molar-refractivity contribution in [1.82, 2.24) is 0 Å². The Bertz CT molecular complexity index is 623. The molecule has 0 unspecified atom stereocenters. The predicted octanol–water partition coefficient (Wildman–Crippen LogP) is 2.91. The normalized spacial score (nSPS) is 10.1. The fourth-order valence-corrected chi connectivity index (χ4v) is 1.96. The molecule has 0 heterocycles. The molecule has 4 heteroatoms. The summed E-state index contributed by atoms with van der Waals surface area (Å²) in [6.07, 6.45) is 0. The standard InChI is InChI=1S/C16H17NO3/c1-3-20-15-7-5-4-6-13(15)16(18)12-9-8-11(19-2)10-14(12)17/h4-10H,3,17H2,1-2H3. The number of ether oxygens (including phenoxy) is 2. The van der Waals surface area contributed by atoms with Gasteiger partial charge in [0.2, 0.25) is 0 Å². The van der Waals surface area contributed by atoms with Crippen molar-refractivity contribution >= 4 is 11.5 Å². The molecule has 104 valence electrons. The SMILES string of the molecule is CCOc1ccccc1C(=O)c1ccc(OC)cc1N. The van der Waals surface area contributed by atoms with Crippen LogP contribution in [0.5, 0.6) is 11.5 Å². The third-order valence-electron chi connectivity index (χ3n) is 2.93. The third-order valence-corrected chi connectivity index (χ3v) is 2.93. The monoisotopic (exact) mass is 271 g/mol. The number of hydrogen-bond acceptors (Lipinski definition) is 4. The minimum atomic E-state index is -0.158. The van der Waals surface area contributed by atoms with Crippen molar-refractivity contribution < 1.29 is 14.3 Å². The average molecular weight is 271 g/mol. The van der Waals surface area contributed by atoms with E-state index in [1.165, 1.54) is 0 Å². The molecular weight excluding hydrogens is 254 g/mol. The summed E-state index contributed by atoms with van der Waals surface area (Å²) in [5.74, 6) is 1.03. The lowest BCUT2D eigenvalue weighted by molar-refractivity contribution is 0.103. The number of methoxy groups -OCH3 is 1. The van der Waals surface area contributed by atoms with Gasteiger partial charge < -0.3 is 15.2 Å². The van der Waals surface area contributed by atoms with Crippen LogP contribution in [0.2, 0.25) is 0 Å². The van der Waals surface area contributed by atoms with Crippen LogP contribution >= 0.6 is 0 Å². The molecule has 2 aromatic rings. The number of rotatable bonds is 5. The molecule has 0 aliphatic carbocycles. The van der Waals surface area contributed by atoms with Crippen LogP contribution in [0.25, 0.3) is 0 Å². The van der Waals surface area contributed by atoms with E-state index in [-0.39, 0.29) is 5.78 Å². The van der Waals surface area contributed by atoms with Gasteiger partial charge in [-0.25, -0.2) is 0 Å². The molecule has 2 N–H and O–H groups in total. The Morgan fingerprint density at radius 3 is 2.55 bits per heavy atom. The fourth-order valence-electron chi connectivity index (χ4n) is 1.96. The number of anilines is 1. The summed E-state index contributed by atoms with van der Waals surface area (Å²) in [6, 6.07) is 12.2. The van der Waals surface area contributed by atoms with E-state index < -0.39 is 0 Å². The van der Waals surface area contributed by atoms with Gasteiger partial charge in [-0.2, -0.15) is 0 Å². The number of benzene rings is 2. The molecule has 0 spiro atoms. The number of nitrogen functional groups attached to an aromatic ring is 1. The van der Waals surface area contributed by atoms with Crippen LogP contribution in [-0.2, 0) is 0 Å². The van der Waals surface area contributed by atoms with Crippen molar-refractivity contribution in [3.63, 3.8) is 0 Å². The highest BCUT2D eigenvalue weighted by molar-refractivity contribution is 6.13. The van der Waals surface area contributed by atoms with Crippen molar-refractivity contribution in [2.24, 2.45) is 0 Å². The minimum Gasteiger partial charge on any atom is -0.497 e. The summed E-state index contributed by atoms with van der Waals surface area (Å²) >= 11 is 0. The third kappa shape index (κ3) is 2.74. The van der Waals surface area contributed by atoms with Gasteiger partial charge in [0.25, 0.3) is 0 Å². The first-order valence-electron chi connectivity index (χ1n) is 6.37. The second-order valence-electron chi connectivity index (χ2n) is 4.21. The maximum absolute atomic E-state index is 12.6. The largest absolute Gasteiger partial charge is 0.497 e. The first kappa shape index (κ1) is 13.9. The molecule has 0 aromatic heterocycles. The number of carbonyl (C=O) groups excluding carboxylic acids is 1. The van der Waals surface area contributed by atoms with E-state index in [0.29, 0.717) is 34.9 Å². The average Bonchev–Trinajstić information content (AvgIpc) is 2.47. The second-order valence-corrected chi connectivity index (χ2v) is 4.21. The number of ketones is 1. The van der Waals surface area contributed by atoms with E-state index in [0.717, 1.165) is 0 Å². The summed E-state index contributed by atoms with van der Waals surface area (Å²) in [7, 11) is 1.56. The number of nitrogens with two attached hydrogens (primary N) is 1. The molecule has 0 saturated heterocycles. The molecular formula is C16H17NO3. The van der Waals surface area contributed by atoms with Crippen LogP contribution in [0, 0.1) is 0 Å². The van der Waals surface area contributed by atoms with Crippen molar-refractivity contribution in [2.75, 3.05) is 19.5 Å². The Kier molecular flexibility index (Phi) is 4.25. The quantitative estimate of drug-likeness (QED) is 0.671. The van der Waals surface area contributed by atoms with Crippen LogP contribution < -0.4 is 15.2 Å². The van der Waals surface area contributed by atoms with Gasteiger partial charge in [-0.1, -0.05) is 12.1 Å². The molecule has 0 amide bonds. The molecule has 0 aliphatic rings. The Hall–Kier alpha value is -2.49. The van der Waals surface area contributed by atoms with Gasteiger partial charge in [-0.3, -0.25) is 4.79 Å². The van der Waals surface area contributed by atoms with E-state index in [1.807, 2.05) is 13.0 Å². The maximum atomic E-state index is 12.6. The van der Waals surface area contributed by atoms with Crippen molar-refractivity contribution in [2.45, 2.75) is 6.92 Å². The zero-order valence-corrected chi connectivity index (χ0v) is 11.6. The lowest BCUT2D eigenvalue weighted by Gasteiger charge is -2.11. The van der Waals surface area contributed by atoms with Crippen LogP contribution in [0.3, 0.4) is 0 Å². The highest BCUT2D eigenvalue weighted by Crippen LogP contribution is 2.26. The zero-order chi connectivity index (χ0) is 14.5. The Morgan fingerprint density at radius 1 is 1.15 bits per heavy atom.